The Labute approximate surface area is 106 Å². The zero-order chi connectivity index (χ0) is 14.3. The molecular formula is C11H20N2O5. The van der Waals surface area contributed by atoms with Crippen LogP contribution in [0.15, 0.2) is 0 Å². The van der Waals surface area contributed by atoms with Gasteiger partial charge >= 0.3 is 18.0 Å². The average molecular weight is 260 g/mol. The number of likely N-dealkylation sites (N-methyl/N-ethyl adjacent to an activating group) is 1. The molecule has 0 aromatic carbocycles. The van der Waals surface area contributed by atoms with Gasteiger partial charge in [0.05, 0.1) is 7.11 Å². The van der Waals surface area contributed by atoms with Crippen molar-refractivity contribution < 1.29 is 24.2 Å². The van der Waals surface area contributed by atoms with Crippen molar-refractivity contribution in [2.45, 2.75) is 32.2 Å². The largest absolute Gasteiger partial charge is 0.480 e. The SMILES string of the molecule is CCCC(C)(NC(=O)N(C)CC(=O)OC)C(=O)O. The van der Waals surface area contributed by atoms with E-state index in [0.29, 0.717) is 12.8 Å². The van der Waals surface area contributed by atoms with Crippen molar-refractivity contribution in [3.63, 3.8) is 0 Å². The molecule has 2 N–H and O–H groups in total. The Hall–Kier alpha value is -1.79. The van der Waals surface area contributed by atoms with Crippen molar-refractivity contribution in [3.8, 4) is 0 Å². The quantitative estimate of drug-likeness (QED) is 0.676. The highest BCUT2D eigenvalue weighted by Crippen LogP contribution is 2.13. The Kier molecular flexibility index (Phi) is 6.15. The Morgan fingerprint density at radius 3 is 2.33 bits per heavy atom. The van der Waals surface area contributed by atoms with E-state index in [2.05, 4.69) is 10.1 Å². The van der Waals surface area contributed by atoms with Gasteiger partial charge in [-0.2, -0.15) is 0 Å². The van der Waals surface area contributed by atoms with Crippen molar-refractivity contribution in [3.05, 3.63) is 0 Å². The molecule has 2 amide bonds. The van der Waals surface area contributed by atoms with E-state index in [9.17, 15) is 14.4 Å². The van der Waals surface area contributed by atoms with E-state index in [1.165, 1.54) is 21.1 Å². The molecule has 0 heterocycles. The van der Waals surface area contributed by atoms with Gasteiger partial charge in [0, 0.05) is 7.05 Å². The van der Waals surface area contributed by atoms with Gasteiger partial charge in [-0.1, -0.05) is 13.3 Å². The Morgan fingerprint density at radius 1 is 1.39 bits per heavy atom. The molecule has 0 rings (SSSR count). The highest BCUT2D eigenvalue weighted by atomic mass is 16.5. The van der Waals surface area contributed by atoms with Gasteiger partial charge in [-0.15, -0.1) is 0 Å². The van der Waals surface area contributed by atoms with Gasteiger partial charge in [-0.25, -0.2) is 9.59 Å². The number of carboxylic acid groups (broad SMARTS) is 1. The third-order valence-corrected chi connectivity index (χ3v) is 2.55. The molecule has 0 aliphatic rings. The predicted molar refractivity (Wildman–Crippen MR) is 64.1 cm³/mol. The van der Waals surface area contributed by atoms with Crippen LogP contribution in [0.5, 0.6) is 0 Å². The smallest absolute Gasteiger partial charge is 0.329 e. The van der Waals surface area contributed by atoms with Crippen LogP contribution in [0.25, 0.3) is 0 Å². The number of nitrogens with zero attached hydrogens (tertiary/aromatic N) is 1. The fraction of sp³-hybridized carbons (Fsp3) is 0.727. The van der Waals surface area contributed by atoms with Crippen molar-refractivity contribution in [2.24, 2.45) is 0 Å². The molecule has 1 unspecified atom stereocenters. The number of rotatable bonds is 6. The first-order valence-electron chi connectivity index (χ1n) is 5.60. The van der Waals surface area contributed by atoms with Crippen LogP contribution in [0.2, 0.25) is 0 Å². The van der Waals surface area contributed by atoms with Crippen molar-refractivity contribution in [1.82, 2.24) is 10.2 Å². The van der Waals surface area contributed by atoms with Gasteiger partial charge in [-0.3, -0.25) is 4.79 Å². The molecule has 1 atom stereocenters. The molecule has 0 saturated carbocycles. The number of esters is 1. The Balaban J connectivity index is 4.60. The molecule has 7 heteroatoms. The number of methoxy groups -OCH3 is 1. The second-order valence-electron chi connectivity index (χ2n) is 4.25. The van der Waals surface area contributed by atoms with Crippen LogP contribution in [0.1, 0.15) is 26.7 Å². The van der Waals surface area contributed by atoms with Gasteiger partial charge in [0.25, 0.3) is 0 Å². The lowest BCUT2D eigenvalue weighted by Crippen LogP contribution is -2.56. The molecule has 0 aliphatic carbocycles. The fourth-order valence-corrected chi connectivity index (χ4v) is 1.38. The third kappa shape index (κ3) is 4.60. The molecule has 0 spiro atoms. The molecule has 0 fully saturated rings. The summed E-state index contributed by atoms with van der Waals surface area (Å²) in [5, 5.41) is 11.5. The number of ether oxygens (including phenoxy) is 1. The number of hydrogen-bond acceptors (Lipinski definition) is 4. The fourth-order valence-electron chi connectivity index (χ4n) is 1.38. The number of hydrogen-bond donors (Lipinski definition) is 2. The minimum absolute atomic E-state index is 0.232. The molecule has 0 saturated heterocycles. The van der Waals surface area contributed by atoms with E-state index in [0.717, 1.165) is 4.90 Å². The van der Waals surface area contributed by atoms with Crippen molar-refractivity contribution in [2.75, 3.05) is 20.7 Å². The summed E-state index contributed by atoms with van der Waals surface area (Å²) in [4.78, 5) is 34.9. The average Bonchev–Trinajstić information content (AvgIpc) is 2.28. The number of aliphatic carboxylic acids is 1. The first kappa shape index (κ1) is 16.2. The van der Waals surface area contributed by atoms with Crippen molar-refractivity contribution >= 4 is 18.0 Å². The summed E-state index contributed by atoms with van der Waals surface area (Å²) in [7, 11) is 2.60. The third-order valence-electron chi connectivity index (χ3n) is 2.55. The summed E-state index contributed by atoms with van der Waals surface area (Å²) >= 11 is 0. The van der Waals surface area contributed by atoms with E-state index in [-0.39, 0.29) is 6.54 Å². The van der Waals surface area contributed by atoms with Crippen LogP contribution < -0.4 is 5.32 Å². The second kappa shape index (κ2) is 6.83. The summed E-state index contributed by atoms with van der Waals surface area (Å²) in [5.74, 6) is -1.68. The van der Waals surface area contributed by atoms with Crippen LogP contribution in [0.4, 0.5) is 4.79 Å². The molecule has 104 valence electrons. The van der Waals surface area contributed by atoms with Gasteiger partial charge in [0.2, 0.25) is 0 Å². The molecular weight excluding hydrogens is 240 g/mol. The summed E-state index contributed by atoms with van der Waals surface area (Å²) in [6.07, 6.45) is 0.921. The van der Waals surface area contributed by atoms with Gasteiger partial charge in [-0.05, 0) is 13.3 Å². The Bertz CT molecular complexity index is 331. The van der Waals surface area contributed by atoms with Gasteiger partial charge in [0.1, 0.15) is 12.1 Å². The lowest BCUT2D eigenvalue weighted by Gasteiger charge is -2.28. The van der Waals surface area contributed by atoms with E-state index in [1.54, 1.807) is 0 Å². The summed E-state index contributed by atoms with van der Waals surface area (Å²) < 4.78 is 4.42. The monoisotopic (exact) mass is 260 g/mol. The molecule has 0 radical (unpaired) electrons. The summed E-state index contributed by atoms with van der Waals surface area (Å²) in [5.41, 5.74) is -1.34. The number of urea groups is 1. The maximum absolute atomic E-state index is 11.7. The minimum Gasteiger partial charge on any atom is -0.480 e. The van der Waals surface area contributed by atoms with Crippen LogP contribution in [0.3, 0.4) is 0 Å². The van der Waals surface area contributed by atoms with E-state index in [1.807, 2.05) is 6.92 Å². The molecule has 0 bridgehead atoms. The van der Waals surface area contributed by atoms with Gasteiger partial charge < -0.3 is 20.1 Å². The molecule has 18 heavy (non-hydrogen) atoms. The van der Waals surface area contributed by atoms with Crippen molar-refractivity contribution in [1.29, 1.82) is 0 Å². The first-order valence-corrected chi connectivity index (χ1v) is 5.60. The normalized spacial score (nSPS) is 13.3. The lowest BCUT2D eigenvalue weighted by atomic mass is 9.96. The predicted octanol–water partition coefficient (Wildman–Crippen LogP) is 0.444. The molecule has 0 aliphatic heterocycles. The number of carboxylic acids is 1. The number of amides is 2. The first-order chi connectivity index (χ1) is 8.26. The topological polar surface area (TPSA) is 95.9 Å². The van der Waals surface area contributed by atoms with Crippen LogP contribution >= 0.6 is 0 Å². The number of carbonyl (C=O) groups excluding carboxylic acids is 2. The zero-order valence-corrected chi connectivity index (χ0v) is 11.1. The van der Waals surface area contributed by atoms with Gasteiger partial charge in [0.15, 0.2) is 0 Å². The maximum Gasteiger partial charge on any atom is 0.329 e. The van der Waals surface area contributed by atoms with Crippen LogP contribution in [-0.4, -0.2) is 54.2 Å². The second-order valence-corrected chi connectivity index (χ2v) is 4.25. The summed E-state index contributed by atoms with van der Waals surface area (Å²) in [6, 6.07) is -0.626. The van der Waals surface area contributed by atoms with Crippen LogP contribution in [0, 0.1) is 0 Å². The summed E-state index contributed by atoms with van der Waals surface area (Å²) in [6.45, 7) is 3.03. The van der Waals surface area contributed by atoms with E-state index in [4.69, 9.17) is 5.11 Å². The highest BCUT2D eigenvalue weighted by molar-refractivity contribution is 5.87. The standard InChI is InChI=1S/C11H20N2O5/c1-5-6-11(2,9(15)16)12-10(17)13(3)7-8(14)18-4/h5-7H2,1-4H3,(H,12,17)(H,15,16). The lowest BCUT2D eigenvalue weighted by molar-refractivity contribution is -0.144. The van der Waals surface area contributed by atoms with Crippen LogP contribution in [-0.2, 0) is 14.3 Å². The van der Waals surface area contributed by atoms with E-state index >= 15 is 0 Å². The number of carbonyl (C=O) groups is 3. The zero-order valence-electron chi connectivity index (χ0n) is 11.1. The highest BCUT2D eigenvalue weighted by Gasteiger charge is 2.34. The maximum atomic E-state index is 11.7. The minimum atomic E-state index is -1.34. The molecule has 0 aromatic heterocycles. The molecule has 0 aromatic rings. The Morgan fingerprint density at radius 2 is 1.94 bits per heavy atom. The molecule has 7 nitrogen and oxygen atoms in total. The van der Waals surface area contributed by atoms with E-state index < -0.39 is 23.5 Å². The number of nitrogens with one attached hydrogen (secondary N) is 1.